The number of nitrogens with one attached hydrogen (secondary N) is 1. The predicted molar refractivity (Wildman–Crippen MR) is 79.8 cm³/mol. The predicted octanol–water partition coefficient (Wildman–Crippen LogP) is 3.74. The molecule has 0 heterocycles. The van der Waals surface area contributed by atoms with Gasteiger partial charge in [-0.25, -0.2) is 8.78 Å². The summed E-state index contributed by atoms with van der Waals surface area (Å²) in [7, 11) is 3.95. The second-order valence-electron chi connectivity index (χ2n) is 5.64. The van der Waals surface area contributed by atoms with Crippen LogP contribution in [0.5, 0.6) is 0 Å². The SMILES string of the molecule is CCCNC(c1cccc(F)c1F)C(C)(CC)N(C)C. The molecule has 1 aromatic rings. The van der Waals surface area contributed by atoms with Gasteiger partial charge in [-0.2, -0.15) is 0 Å². The quantitative estimate of drug-likeness (QED) is 0.820. The van der Waals surface area contributed by atoms with Crippen LogP contribution in [-0.2, 0) is 0 Å². The molecule has 1 aromatic carbocycles. The third-order valence-electron chi connectivity index (χ3n) is 4.25. The summed E-state index contributed by atoms with van der Waals surface area (Å²) in [5.41, 5.74) is 0.112. The average molecular weight is 284 g/mol. The molecule has 4 heteroatoms. The van der Waals surface area contributed by atoms with E-state index in [4.69, 9.17) is 0 Å². The van der Waals surface area contributed by atoms with Crippen LogP contribution < -0.4 is 5.32 Å². The van der Waals surface area contributed by atoms with Crippen LogP contribution in [0.3, 0.4) is 0 Å². The smallest absolute Gasteiger partial charge is 0.163 e. The molecule has 2 atom stereocenters. The number of likely N-dealkylation sites (N-methyl/N-ethyl adjacent to an activating group) is 1. The molecule has 2 nitrogen and oxygen atoms in total. The third-order valence-corrected chi connectivity index (χ3v) is 4.25. The summed E-state index contributed by atoms with van der Waals surface area (Å²) in [4.78, 5) is 2.07. The zero-order chi connectivity index (χ0) is 15.3. The summed E-state index contributed by atoms with van der Waals surface area (Å²) in [6.45, 7) is 6.97. The van der Waals surface area contributed by atoms with E-state index in [2.05, 4.69) is 31.0 Å². The molecule has 0 aromatic heterocycles. The summed E-state index contributed by atoms with van der Waals surface area (Å²) in [6, 6.07) is 4.15. The maximum absolute atomic E-state index is 14.2. The van der Waals surface area contributed by atoms with Crippen LogP contribution in [0.15, 0.2) is 18.2 Å². The van der Waals surface area contributed by atoms with Crippen molar-refractivity contribution in [1.82, 2.24) is 10.2 Å². The molecule has 2 unspecified atom stereocenters. The fourth-order valence-corrected chi connectivity index (χ4v) is 2.48. The summed E-state index contributed by atoms with van der Waals surface area (Å²) < 4.78 is 27.7. The molecule has 0 fully saturated rings. The van der Waals surface area contributed by atoms with Gasteiger partial charge in [0.1, 0.15) is 0 Å². The molecule has 0 bridgehead atoms. The van der Waals surface area contributed by atoms with Gasteiger partial charge in [-0.3, -0.25) is 0 Å². The van der Waals surface area contributed by atoms with E-state index in [1.807, 2.05) is 14.1 Å². The molecule has 0 aliphatic carbocycles. The Morgan fingerprint density at radius 3 is 2.40 bits per heavy atom. The highest BCUT2D eigenvalue weighted by atomic mass is 19.2. The molecule has 20 heavy (non-hydrogen) atoms. The van der Waals surface area contributed by atoms with E-state index in [1.54, 1.807) is 12.1 Å². The Kier molecular flexibility index (Phi) is 6.08. The van der Waals surface area contributed by atoms with Crippen LogP contribution in [0, 0.1) is 11.6 Å². The van der Waals surface area contributed by atoms with Crippen LogP contribution in [-0.4, -0.2) is 31.1 Å². The van der Waals surface area contributed by atoms with E-state index in [0.717, 1.165) is 25.5 Å². The van der Waals surface area contributed by atoms with Crippen molar-refractivity contribution in [2.24, 2.45) is 0 Å². The van der Waals surface area contributed by atoms with Gasteiger partial charge in [-0.1, -0.05) is 26.0 Å². The standard InChI is InChI=1S/C16H26F2N2/c1-6-11-19-15(16(3,7-2)20(4)5)12-9-8-10-13(17)14(12)18/h8-10,15,19H,6-7,11H2,1-5H3. The van der Waals surface area contributed by atoms with Gasteiger partial charge in [-0.15, -0.1) is 0 Å². The first-order valence-electron chi connectivity index (χ1n) is 7.23. The molecule has 0 saturated heterocycles. The molecular formula is C16H26F2N2. The number of hydrogen-bond donors (Lipinski definition) is 1. The van der Waals surface area contributed by atoms with Gasteiger partial charge in [-0.05, 0) is 46.5 Å². The lowest BCUT2D eigenvalue weighted by Crippen LogP contribution is -2.51. The van der Waals surface area contributed by atoms with Gasteiger partial charge in [0, 0.05) is 11.1 Å². The Hall–Kier alpha value is -1.00. The van der Waals surface area contributed by atoms with E-state index in [-0.39, 0.29) is 11.6 Å². The number of hydrogen-bond acceptors (Lipinski definition) is 2. The molecule has 114 valence electrons. The fourth-order valence-electron chi connectivity index (χ4n) is 2.48. The normalized spacial score (nSPS) is 16.2. The van der Waals surface area contributed by atoms with Crippen molar-refractivity contribution in [3.8, 4) is 0 Å². The highest BCUT2D eigenvalue weighted by Crippen LogP contribution is 2.34. The van der Waals surface area contributed by atoms with Crippen LogP contribution in [0.25, 0.3) is 0 Å². The van der Waals surface area contributed by atoms with Crippen molar-refractivity contribution < 1.29 is 8.78 Å². The fraction of sp³-hybridized carbons (Fsp3) is 0.625. The van der Waals surface area contributed by atoms with E-state index in [1.165, 1.54) is 0 Å². The van der Waals surface area contributed by atoms with Crippen LogP contribution in [0.4, 0.5) is 8.78 Å². The molecule has 0 saturated carbocycles. The second-order valence-corrected chi connectivity index (χ2v) is 5.64. The minimum absolute atomic E-state index is 0.252. The molecule has 1 N–H and O–H groups in total. The van der Waals surface area contributed by atoms with Crippen molar-refractivity contribution in [2.75, 3.05) is 20.6 Å². The van der Waals surface area contributed by atoms with Crippen LogP contribution in [0.2, 0.25) is 0 Å². The Morgan fingerprint density at radius 1 is 1.25 bits per heavy atom. The zero-order valence-electron chi connectivity index (χ0n) is 13.1. The van der Waals surface area contributed by atoms with Gasteiger partial charge in [0.2, 0.25) is 0 Å². The topological polar surface area (TPSA) is 15.3 Å². The average Bonchev–Trinajstić information content (AvgIpc) is 2.42. The number of benzene rings is 1. The van der Waals surface area contributed by atoms with Crippen molar-refractivity contribution >= 4 is 0 Å². The molecule has 0 amide bonds. The Balaban J connectivity index is 3.27. The molecular weight excluding hydrogens is 258 g/mol. The van der Waals surface area contributed by atoms with E-state index in [9.17, 15) is 8.78 Å². The molecule has 1 rings (SSSR count). The lowest BCUT2D eigenvalue weighted by Gasteiger charge is -2.43. The number of nitrogens with zero attached hydrogens (tertiary/aromatic N) is 1. The second kappa shape index (κ2) is 7.14. The van der Waals surface area contributed by atoms with E-state index < -0.39 is 11.6 Å². The van der Waals surface area contributed by atoms with Crippen molar-refractivity contribution in [1.29, 1.82) is 0 Å². The lowest BCUT2D eigenvalue weighted by molar-refractivity contribution is 0.110. The molecule has 0 spiro atoms. The Morgan fingerprint density at radius 2 is 1.90 bits per heavy atom. The minimum atomic E-state index is -0.789. The van der Waals surface area contributed by atoms with Gasteiger partial charge in [0.25, 0.3) is 0 Å². The highest BCUT2D eigenvalue weighted by Gasteiger charge is 2.37. The van der Waals surface area contributed by atoms with E-state index >= 15 is 0 Å². The summed E-state index contributed by atoms with van der Waals surface area (Å²) in [5, 5.41) is 3.38. The molecule has 0 aliphatic heterocycles. The summed E-state index contributed by atoms with van der Waals surface area (Å²) in [5.74, 6) is -1.54. The van der Waals surface area contributed by atoms with Crippen molar-refractivity contribution in [3.05, 3.63) is 35.4 Å². The van der Waals surface area contributed by atoms with Gasteiger partial charge < -0.3 is 10.2 Å². The Bertz CT molecular complexity index is 434. The van der Waals surface area contributed by atoms with Gasteiger partial charge >= 0.3 is 0 Å². The maximum Gasteiger partial charge on any atom is 0.163 e. The summed E-state index contributed by atoms with van der Waals surface area (Å²) in [6.07, 6.45) is 1.78. The van der Waals surface area contributed by atoms with E-state index in [0.29, 0.717) is 5.56 Å². The molecule has 0 aliphatic rings. The minimum Gasteiger partial charge on any atom is -0.308 e. The maximum atomic E-state index is 14.2. The first-order valence-corrected chi connectivity index (χ1v) is 7.23. The van der Waals surface area contributed by atoms with Crippen LogP contribution in [0.1, 0.15) is 45.2 Å². The third kappa shape index (κ3) is 3.36. The Labute approximate surface area is 121 Å². The number of rotatable bonds is 7. The van der Waals surface area contributed by atoms with Gasteiger partial charge in [0.05, 0.1) is 6.04 Å². The molecule has 0 radical (unpaired) electrons. The monoisotopic (exact) mass is 284 g/mol. The largest absolute Gasteiger partial charge is 0.308 e. The van der Waals surface area contributed by atoms with Gasteiger partial charge in [0.15, 0.2) is 11.6 Å². The first-order chi connectivity index (χ1) is 9.38. The van der Waals surface area contributed by atoms with Crippen molar-refractivity contribution in [3.63, 3.8) is 0 Å². The number of halogens is 2. The lowest BCUT2D eigenvalue weighted by atomic mass is 9.83. The summed E-state index contributed by atoms with van der Waals surface area (Å²) >= 11 is 0. The van der Waals surface area contributed by atoms with Crippen molar-refractivity contribution in [2.45, 2.75) is 45.2 Å². The first kappa shape index (κ1) is 17.1. The van der Waals surface area contributed by atoms with Crippen LogP contribution >= 0.6 is 0 Å². The highest BCUT2D eigenvalue weighted by molar-refractivity contribution is 5.26. The zero-order valence-corrected chi connectivity index (χ0v) is 13.1.